The summed E-state index contributed by atoms with van der Waals surface area (Å²) in [6.45, 7) is -0.193. The number of aliphatic hydroxyl groups is 1. The van der Waals surface area contributed by atoms with Crippen molar-refractivity contribution in [2.45, 2.75) is 6.61 Å². The molecule has 0 aliphatic rings. The number of aliphatic hydroxyl groups excluding tert-OH is 1. The molecule has 3 aromatic rings. The number of aromatic nitrogens is 2. The van der Waals surface area contributed by atoms with Crippen LogP contribution in [0.15, 0.2) is 48.7 Å². The molecule has 0 amide bonds. The molecule has 0 spiro atoms. The normalized spacial score (nSPS) is 10.8. The summed E-state index contributed by atoms with van der Waals surface area (Å²) in [5, 5.41) is 9.43. The Morgan fingerprint density at radius 3 is 2.68 bits per heavy atom. The predicted molar refractivity (Wildman–Crippen MR) is 67.6 cm³/mol. The number of hydrogen-bond donors (Lipinski definition) is 1. The van der Waals surface area contributed by atoms with Gasteiger partial charge in [0.05, 0.1) is 6.61 Å². The number of benzene rings is 1. The standard InChI is InChI=1S/C14H11FN2O2/c15-10-4-6-11(7-5-10)19-14-12(9-18)17-8-2-1-3-13(17)16-14/h1-8,18H,9H2. The molecule has 1 N–H and O–H groups in total. The lowest BCUT2D eigenvalue weighted by atomic mass is 10.3. The molecule has 0 saturated carbocycles. The number of ether oxygens (including phenoxy) is 1. The first-order valence-corrected chi connectivity index (χ1v) is 5.78. The highest BCUT2D eigenvalue weighted by Crippen LogP contribution is 2.25. The molecule has 0 saturated heterocycles. The second kappa shape index (κ2) is 4.70. The molecule has 0 unspecified atom stereocenters. The van der Waals surface area contributed by atoms with Crippen LogP contribution in [0.4, 0.5) is 4.39 Å². The van der Waals surface area contributed by atoms with Crippen LogP contribution in [-0.4, -0.2) is 14.5 Å². The van der Waals surface area contributed by atoms with E-state index in [1.165, 1.54) is 24.3 Å². The van der Waals surface area contributed by atoms with Gasteiger partial charge in [0.2, 0.25) is 5.88 Å². The van der Waals surface area contributed by atoms with Gasteiger partial charge in [-0.3, -0.25) is 4.40 Å². The molecule has 0 aliphatic carbocycles. The van der Waals surface area contributed by atoms with Gasteiger partial charge in [0, 0.05) is 6.20 Å². The lowest BCUT2D eigenvalue weighted by Crippen LogP contribution is -1.94. The Hall–Kier alpha value is -2.40. The molecule has 1 aromatic carbocycles. The summed E-state index contributed by atoms with van der Waals surface area (Å²) in [6, 6.07) is 11.2. The first-order valence-electron chi connectivity index (χ1n) is 5.78. The maximum atomic E-state index is 12.8. The van der Waals surface area contributed by atoms with Crippen molar-refractivity contribution in [1.82, 2.24) is 9.38 Å². The number of rotatable bonds is 3. The van der Waals surface area contributed by atoms with Crippen molar-refractivity contribution in [1.29, 1.82) is 0 Å². The SMILES string of the molecule is OCc1c(Oc2ccc(F)cc2)nc2ccccn12. The zero-order valence-electron chi connectivity index (χ0n) is 9.95. The predicted octanol–water partition coefficient (Wildman–Crippen LogP) is 2.76. The Labute approximate surface area is 108 Å². The van der Waals surface area contributed by atoms with E-state index in [0.717, 1.165) is 0 Å². The molecule has 0 fully saturated rings. The Bertz CT molecular complexity index is 707. The fourth-order valence-electron chi connectivity index (χ4n) is 1.86. The topological polar surface area (TPSA) is 46.8 Å². The molecule has 5 heteroatoms. The van der Waals surface area contributed by atoms with Gasteiger partial charge in [-0.1, -0.05) is 6.07 Å². The lowest BCUT2D eigenvalue weighted by molar-refractivity contribution is 0.269. The molecule has 2 aromatic heterocycles. The van der Waals surface area contributed by atoms with Gasteiger partial charge in [-0.15, -0.1) is 0 Å². The number of imidazole rings is 1. The van der Waals surface area contributed by atoms with Crippen LogP contribution in [0.2, 0.25) is 0 Å². The number of hydrogen-bond acceptors (Lipinski definition) is 3. The van der Waals surface area contributed by atoms with Gasteiger partial charge in [-0.05, 0) is 36.4 Å². The van der Waals surface area contributed by atoms with Gasteiger partial charge in [-0.25, -0.2) is 4.39 Å². The first kappa shape index (κ1) is 11.7. The molecule has 0 radical (unpaired) electrons. The van der Waals surface area contributed by atoms with E-state index in [1.54, 1.807) is 10.6 Å². The maximum absolute atomic E-state index is 12.8. The van der Waals surface area contributed by atoms with Crippen molar-refractivity contribution in [3.05, 3.63) is 60.2 Å². The summed E-state index contributed by atoms with van der Waals surface area (Å²) in [4.78, 5) is 4.29. The number of fused-ring (bicyclic) bond motifs is 1. The van der Waals surface area contributed by atoms with E-state index in [-0.39, 0.29) is 12.4 Å². The van der Waals surface area contributed by atoms with Crippen LogP contribution in [-0.2, 0) is 6.61 Å². The number of nitrogens with zero attached hydrogens (tertiary/aromatic N) is 2. The average molecular weight is 258 g/mol. The molecule has 0 atom stereocenters. The van der Waals surface area contributed by atoms with Gasteiger partial charge in [0.25, 0.3) is 0 Å². The molecule has 0 aliphatic heterocycles. The van der Waals surface area contributed by atoms with E-state index in [2.05, 4.69) is 4.98 Å². The molecule has 4 nitrogen and oxygen atoms in total. The first-order chi connectivity index (χ1) is 9.28. The van der Waals surface area contributed by atoms with Gasteiger partial charge in [0.15, 0.2) is 0 Å². The van der Waals surface area contributed by atoms with Crippen LogP contribution in [0.25, 0.3) is 5.65 Å². The Morgan fingerprint density at radius 1 is 1.16 bits per heavy atom. The van der Waals surface area contributed by atoms with Crippen LogP contribution < -0.4 is 4.74 Å². The van der Waals surface area contributed by atoms with Gasteiger partial charge in [0.1, 0.15) is 22.9 Å². The molecule has 3 rings (SSSR count). The number of halogens is 1. The zero-order valence-corrected chi connectivity index (χ0v) is 9.95. The third-order valence-corrected chi connectivity index (χ3v) is 2.77. The molecular formula is C14H11FN2O2. The fraction of sp³-hybridized carbons (Fsp3) is 0.0714. The summed E-state index contributed by atoms with van der Waals surface area (Å²) in [5.41, 5.74) is 1.24. The highest BCUT2D eigenvalue weighted by molar-refractivity contribution is 5.46. The monoisotopic (exact) mass is 258 g/mol. The van der Waals surface area contributed by atoms with E-state index < -0.39 is 0 Å². The summed E-state index contributed by atoms with van der Waals surface area (Å²) < 4.78 is 20.2. The van der Waals surface area contributed by atoms with Crippen molar-refractivity contribution >= 4 is 5.65 Å². The fourth-order valence-corrected chi connectivity index (χ4v) is 1.86. The highest BCUT2D eigenvalue weighted by Gasteiger charge is 2.12. The molecule has 0 bridgehead atoms. The second-order valence-corrected chi connectivity index (χ2v) is 4.01. The molecular weight excluding hydrogens is 247 g/mol. The highest BCUT2D eigenvalue weighted by atomic mass is 19.1. The van der Waals surface area contributed by atoms with Crippen LogP contribution in [0.1, 0.15) is 5.69 Å². The molecule has 2 heterocycles. The van der Waals surface area contributed by atoms with Crippen LogP contribution in [0.3, 0.4) is 0 Å². The van der Waals surface area contributed by atoms with Gasteiger partial charge >= 0.3 is 0 Å². The third kappa shape index (κ3) is 2.15. The van der Waals surface area contributed by atoms with Crippen molar-refractivity contribution in [2.24, 2.45) is 0 Å². The Kier molecular flexibility index (Phi) is 2.89. The molecule has 96 valence electrons. The molecule has 19 heavy (non-hydrogen) atoms. The summed E-state index contributed by atoms with van der Waals surface area (Å²) >= 11 is 0. The van der Waals surface area contributed by atoms with Gasteiger partial charge < -0.3 is 9.84 Å². The minimum Gasteiger partial charge on any atom is -0.437 e. The third-order valence-electron chi connectivity index (χ3n) is 2.77. The summed E-state index contributed by atoms with van der Waals surface area (Å²) in [6.07, 6.45) is 1.80. The van der Waals surface area contributed by atoms with Crippen LogP contribution in [0.5, 0.6) is 11.6 Å². The lowest BCUT2D eigenvalue weighted by Gasteiger charge is -2.04. The average Bonchev–Trinajstić information content (AvgIpc) is 2.78. The van der Waals surface area contributed by atoms with Crippen molar-refractivity contribution < 1.29 is 14.2 Å². The summed E-state index contributed by atoms with van der Waals surface area (Å²) in [7, 11) is 0. The van der Waals surface area contributed by atoms with Crippen LogP contribution >= 0.6 is 0 Å². The van der Waals surface area contributed by atoms with Gasteiger partial charge in [-0.2, -0.15) is 4.98 Å². The largest absolute Gasteiger partial charge is 0.437 e. The van der Waals surface area contributed by atoms with Crippen molar-refractivity contribution in [2.75, 3.05) is 0 Å². The minimum atomic E-state index is -0.329. The smallest absolute Gasteiger partial charge is 0.243 e. The second-order valence-electron chi connectivity index (χ2n) is 4.01. The van der Waals surface area contributed by atoms with E-state index in [1.807, 2.05) is 18.2 Å². The number of pyridine rings is 1. The Morgan fingerprint density at radius 2 is 1.95 bits per heavy atom. The maximum Gasteiger partial charge on any atom is 0.243 e. The minimum absolute atomic E-state index is 0.193. The van der Waals surface area contributed by atoms with E-state index in [0.29, 0.717) is 23.0 Å². The summed E-state index contributed by atoms with van der Waals surface area (Å²) in [5.74, 6) is 0.463. The Balaban J connectivity index is 2.02. The van der Waals surface area contributed by atoms with Crippen LogP contribution in [0, 0.1) is 5.82 Å². The van der Waals surface area contributed by atoms with E-state index >= 15 is 0 Å². The van der Waals surface area contributed by atoms with Crippen molar-refractivity contribution in [3.63, 3.8) is 0 Å². The zero-order chi connectivity index (χ0) is 13.2. The van der Waals surface area contributed by atoms with E-state index in [9.17, 15) is 9.50 Å². The van der Waals surface area contributed by atoms with E-state index in [4.69, 9.17) is 4.74 Å². The van der Waals surface area contributed by atoms with Crippen molar-refractivity contribution in [3.8, 4) is 11.6 Å². The quantitative estimate of drug-likeness (QED) is 0.785.